The molecule has 0 unspecified atom stereocenters. The summed E-state index contributed by atoms with van der Waals surface area (Å²) in [7, 11) is 0. The van der Waals surface area contributed by atoms with E-state index in [1.165, 1.54) is 12.7 Å². The van der Waals surface area contributed by atoms with Crippen LogP contribution in [0.2, 0.25) is 5.02 Å². The van der Waals surface area contributed by atoms with E-state index >= 15 is 0 Å². The summed E-state index contributed by atoms with van der Waals surface area (Å²) in [6.45, 7) is 0. The van der Waals surface area contributed by atoms with Gasteiger partial charge in [0.05, 0.1) is 11.4 Å². The number of carbonyl (C=O) groups excluding carboxylic acids is 1. The minimum atomic E-state index is 0.0679. The number of aromatic nitrogens is 3. The second kappa shape index (κ2) is 6.26. The van der Waals surface area contributed by atoms with Gasteiger partial charge < -0.3 is 5.32 Å². The van der Waals surface area contributed by atoms with Crippen LogP contribution in [0.4, 0.5) is 5.69 Å². The first-order chi connectivity index (χ1) is 10.2. The molecule has 21 heavy (non-hydrogen) atoms. The highest BCUT2D eigenvalue weighted by Crippen LogP contribution is 2.28. The van der Waals surface area contributed by atoms with Gasteiger partial charge in [0, 0.05) is 10.9 Å². The number of carbonyl (C=O) groups is 1. The van der Waals surface area contributed by atoms with Crippen molar-refractivity contribution in [3.63, 3.8) is 0 Å². The van der Waals surface area contributed by atoms with Crippen LogP contribution in [0.3, 0.4) is 0 Å². The summed E-state index contributed by atoms with van der Waals surface area (Å²) in [5, 5.41) is 7.69. The molecule has 1 heterocycles. The molecule has 2 aromatic rings. The van der Waals surface area contributed by atoms with Gasteiger partial charge in [-0.25, -0.2) is 9.67 Å². The first-order valence-corrected chi connectivity index (χ1v) is 7.57. The zero-order valence-electron chi connectivity index (χ0n) is 11.6. The fraction of sp³-hybridized carbons (Fsp3) is 0.400. The molecule has 1 aromatic carbocycles. The Bertz CT molecular complexity index is 621. The van der Waals surface area contributed by atoms with E-state index < -0.39 is 0 Å². The van der Waals surface area contributed by atoms with E-state index in [1.807, 2.05) is 6.07 Å². The summed E-state index contributed by atoms with van der Waals surface area (Å²) in [6.07, 6.45) is 8.47. The van der Waals surface area contributed by atoms with Crippen molar-refractivity contribution in [2.24, 2.45) is 5.92 Å². The number of halogens is 1. The zero-order valence-corrected chi connectivity index (χ0v) is 12.4. The number of anilines is 1. The van der Waals surface area contributed by atoms with E-state index in [0.717, 1.165) is 31.4 Å². The molecule has 1 fully saturated rings. The summed E-state index contributed by atoms with van der Waals surface area (Å²) in [6, 6.07) is 5.35. The average molecular weight is 305 g/mol. The number of nitrogens with one attached hydrogen (secondary N) is 1. The second-order valence-corrected chi connectivity index (χ2v) is 5.76. The Kier molecular flexibility index (Phi) is 4.20. The van der Waals surface area contributed by atoms with Crippen molar-refractivity contribution in [1.29, 1.82) is 0 Å². The van der Waals surface area contributed by atoms with Crippen molar-refractivity contribution in [3.8, 4) is 5.69 Å². The highest BCUT2D eigenvalue weighted by atomic mass is 35.5. The van der Waals surface area contributed by atoms with E-state index in [-0.39, 0.29) is 11.8 Å². The Balaban J connectivity index is 1.84. The van der Waals surface area contributed by atoms with E-state index in [9.17, 15) is 4.79 Å². The first kappa shape index (κ1) is 14.1. The third-order valence-electron chi connectivity index (χ3n) is 3.86. The van der Waals surface area contributed by atoms with Crippen molar-refractivity contribution in [2.75, 3.05) is 5.32 Å². The van der Waals surface area contributed by atoms with Gasteiger partial charge in [0.1, 0.15) is 12.7 Å². The fourth-order valence-electron chi connectivity index (χ4n) is 2.74. The van der Waals surface area contributed by atoms with Crippen LogP contribution in [0.25, 0.3) is 5.69 Å². The Morgan fingerprint density at radius 3 is 2.81 bits per heavy atom. The van der Waals surface area contributed by atoms with Crippen LogP contribution in [0.5, 0.6) is 0 Å². The lowest BCUT2D eigenvalue weighted by molar-refractivity contribution is -0.120. The third kappa shape index (κ3) is 3.24. The van der Waals surface area contributed by atoms with Gasteiger partial charge in [0.25, 0.3) is 0 Å². The van der Waals surface area contributed by atoms with Gasteiger partial charge in [-0.05, 0) is 31.0 Å². The monoisotopic (exact) mass is 304 g/mol. The van der Waals surface area contributed by atoms with Gasteiger partial charge in [-0.1, -0.05) is 30.9 Å². The van der Waals surface area contributed by atoms with Crippen molar-refractivity contribution < 1.29 is 4.79 Å². The maximum absolute atomic E-state index is 12.4. The predicted octanol–water partition coefficient (Wildman–Crippen LogP) is 3.44. The van der Waals surface area contributed by atoms with Crippen LogP contribution in [0, 0.1) is 5.92 Å². The van der Waals surface area contributed by atoms with Crippen LogP contribution in [-0.2, 0) is 4.79 Å². The molecule has 1 amide bonds. The summed E-state index contributed by atoms with van der Waals surface area (Å²) >= 11 is 6.05. The Morgan fingerprint density at radius 1 is 1.29 bits per heavy atom. The second-order valence-electron chi connectivity index (χ2n) is 5.33. The molecule has 5 nitrogen and oxygen atoms in total. The molecular weight excluding hydrogens is 288 g/mol. The number of rotatable bonds is 3. The Labute approximate surface area is 128 Å². The number of hydrogen-bond donors (Lipinski definition) is 1. The standard InChI is InChI=1S/C15H17ClN4O/c16-12-6-7-14(20-10-17-9-18-20)13(8-12)19-15(21)11-4-2-1-3-5-11/h6-11H,1-5H2,(H,19,21). The van der Waals surface area contributed by atoms with Crippen molar-refractivity contribution >= 4 is 23.2 Å². The van der Waals surface area contributed by atoms with Gasteiger partial charge in [-0.15, -0.1) is 0 Å². The molecule has 0 spiro atoms. The van der Waals surface area contributed by atoms with E-state index in [0.29, 0.717) is 10.7 Å². The van der Waals surface area contributed by atoms with E-state index in [1.54, 1.807) is 23.1 Å². The third-order valence-corrected chi connectivity index (χ3v) is 4.09. The summed E-state index contributed by atoms with van der Waals surface area (Å²) in [5.41, 5.74) is 1.43. The van der Waals surface area contributed by atoms with E-state index in [4.69, 9.17) is 11.6 Å². The largest absolute Gasteiger partial charge is 0.324 e. The van der Waals surface area contributed by atoms with E-state index in [2.05, 4.69) is 15.4 Å². The highest BCUT2D eigenvalue weighted by Gasteiger charge is 2.22. The van der Waals surface area contributed by atoms with Gasteiger partial charge in [-0.2, -0.15) is 5.10 Å². The molecular formula is C15H17ClN4O. The van der Waals surface area contributed by atoms with Crippen LogP contribution in [-0.4, -0.2) is 20.7 Å². The smallest absolute Gasteiger partial charge is 0.227 e. The number of benzene rings is 1. The summed E-state index contributed by atoms with van der Waals surface area (Å²) in [5.74, 6) is 0.166. The lowest BCUT2D eigenvalue weighted by atomic mass is 9.88. The van der Waals surface area contributed by atoms with Gasteiger partial charge in [0.15, 0.2) is 0 Å². The molecule has 110 valence electrons. The average Bonchev–Trinajstić information content (AvgIpc) is 3.02. The van der Waals surface area contributed by atoms with Crippen LogP contribution >= 0.6 is 11.6 Å². The minimum Gasteiger partial charge on any atom is -0.324 e. The molecule has 1 saturated carbocycles. The maximum atomic E-state index is 12.4. The van der Waals surface area contributed by atoms with Crippen molar-refractivity contribution in [2.45, 2.75) is 32.1 Å². The molecule has 0 aliphatic heterocycles. The molecule has 1 N–H and O–H groups in total. The number of amides is 1. The van der Waals surface area contributed by atoms with Crippen LogP contribution < -0.4 is 5.32 Å². The van der Waals surface area contributed by atoms with Gasteiger partial charge in [0.2, 0.25) is 5.91 Å². The normalized spacial score (nSPS) is 15.9. The predicted molar refractivity (Wildman–Crippen MR) is 81.6 cm³/mol. The fourth-order valence-corrected chi connectivity index (χ4v) is 2.91. The molecule has 3 rings (SSSR count). The molecule has 0 saturated heterocycles. The molecule has 0 bridgehead atoms. The van der Waals surface area contributed by atoms with Crippen molar-refractivity contribution in [1.82, 2.24) is 14.8 Å². The molecule has 0 radical (unpaired) electrons. The quantitative estimate of drug-likeness (QED) is 0.945. The number of hydrogen-bond acceptors (Lipinski definition) is 3. The maximum Gasteiger partial charge on any atom is 0.227 e. The highest BCUT2D eigenvalue weighted by molar-refractivity contribution is 6.31. The van der Waals surface area contributed by atoms with Gasteiger partial charge >= 0.3 is 0 Å². The molecule has 1 aliphatic rings. The van der Waals surface area contributed by atoms with Crippen LogP contribution in [0.1, 0.15) is 32.1 Å². The van der Waals surface area contributed by atoms with Gasteiger partial charge in [-0.3, -0.25) is 4.79 Å². The SMILES string of the molecule is O=C(Nc1cc(Cl)ccc1-n1cncn1)C1CCCCC1. The first-order valence-electron chi connectivity index (χ1n) is 7.19. The van der Waals surface area contributed by atoms with Crippen LogP contribution in [0.15, 0.2) is 30.9 Å². The summed E-state index contributed by atoms with van der Waals surface area (Å²) in [4.78, 5) is 16.3. The summed E-state index contributed by atoms with van der Waals surface area (Å²) < 4.78 is 1.62. The Hall–Kier alpha value is -1.88. The molecule has 1 aromatic heterocycles. The molecule has 1 aliphatic carbocycles. The number of nitrogens with zero attached hydrogens (tertiary/aromatic N) is 3. The minimum absolute atomic E-state index is 0.0679. The zero-order chi connectivity index (χ0) is 14.7. The Morgan fingerprint density at radius 2 is 2.10 bits per heavy atom. The lowest BCUT2D eigenvalue weighted by Gasteiger charge is -2.21. The van der Waals surface area contributed by atoms with Crippen molar-refractivity contribution in [3.05, 3.63) is 35.9 Å². The topological polar surface area (TPSA) is 59.8 Å². The molecule has 0 atom stereocenters. The lowest BCUT2D eigenvalue weighted by Crippen LogP contribution is -2.25. The molecule has 6 heteroatoms.